The number of thiophene rings is 1. The average molecular weight is 290 g/mol. The summed E-state index contributed by atoms with van der Waals surface area (Å²) in [7, 11) is 0. The fraction of sp³-hybridized carbons (Fsp3) is 0.500. The predicted octanol–water partition coefficient (Wildman–Crippen LogP) is 2.37. The van der Waals surface area contributed by atoms with Gasteiger partial charge in [0.1, 0.15) is 16.5 Å². The second-order valence-corrected chi connectivity index (χ2v) is 6.27. The Bertz CT molecular complexity index is 666. The molecule has 1 saturated carbocycles. The summed E-state index contributed by atoms with van der Waals surface area (Å²) in [5.41, 5.74) is 6.65. The maximum Gasteiger partial charge on any atom is 0.222 e. The van der Waals surface area contributed by atoms with Gasteiger partial charge in [0.25, 0.3) is 0 Å². The van der Waals surface area contributed by atoms with E-state index in [4.69, 9.17) is 5.73 Å². The largest absolute Gasteiger partial charge is 0.369 e. The monoisotopic (exact) mass is 290 g/mol. The number of aromatic nitrogens is 2. The minimum atomic E-state index is -0.218. The van der Waals surface area contributed by atoms with E-state index in [1.165, 1.54) is 5.56 Å². The fourth-order valence-corrected chi connectivity index (χ4v) is 3.91. The summed E-state index contributed by atoms with van der Waals surface area (Å²) in [6, 6.07) is 0.0873. The maximum absolute atomic E-state index is 11.5. The molecule has 1 aliphatic rings. The number of carbonyl (C=O) groups excluding carboxylic acids is 1. The number of amides is 1. The van der Waals surface area contributed by atoms with Crippen LogP contribution in [0.1, 0.15) is 30.7 Å². The van der Waals surface area contributed by atoms with Crippen molar-refractivity contribution in [3.8, 4) is 0 Å². The number of rotatable bonds is 3. The van der Waals surface area contributed by atoms with Crippen molar-refractivity contribution >= 4 is 33.3 Å². The van der Waals surface area contributed by atoms with Crippen LogP contribution in [0.5, 0.6) is 0 Å². The molecule has 1 fully saturated rings. The van der Waals surface area contributed by atoms with E-state index in [0.29, 0.717) is 0 Å². The summed E-state index contributed by atoms with van der Waals surface area (Å²) in [5, 5.41) is 6.59. The van der Waals surface area contributed by atoms with Crippen LogP contribution in [-0.4, -0.2) is 21.9 Å². The topological polar surface area (TPSA) is 80.9 Å². The minimum Gasteiger partial charge on any atom is -0.369 e. The quantitative estimate of drug-likeness (QED) is 0.909. The van der Waals surface area contributed by atoms with Gasteiger partial charge in [-0.2, -0.15) is 0 Å². The molecule has 1 amide bonds. The molecule has 0 aliphatic heterocycles. The predicted molar refractivity (Wildman–Crippen MR) is 80.8 cm³/mol. The smallest absolute Gasteiger partial charge is 0.222 e. The molecule has 1 aliphatic carbocycles. The van der Waals surface area contributed by atoms with Gasteiger partial charge < -0.3 is 11.1 Å². The average Bonchev–Trinajstić information content (AvgIpc) is 2.96. The summed E-state index contributed by atoms with van der Waals surface area (Å²) in [5.74, 6) is 1.27. The van der Waals surface area contributed by atoms with Crippen LogP contribution < -0.4 is 11.1 Å². The zero-order chi connectivity index (χ0) is 14.3. The molecule has 0 aromatic carbocycles. The third kappa shape index (κ3) is 2.24. The van der Waals surface area contributed by atoms with Crippen molar-refractivity contribution < 1.29 is 4.79 Å². The molecule has 0 radical (unpaired) electrons. The third-order valence-electron chi connectivity index (χ3n) is 3.93. The molecule has 2 heterocycles. The molecule has 5 nitrogen and oxygen atoms in total. The lowest BCUT2D eigenvalue weighted by atomic mass is 10.0. The van der Waals surface area contributed by atoms with E-state index in [0.717, 1.165) is 41.1 Å². The first-order chi connectivity index (χ1) is 9.56. The number of hydrogen-bond acceptors (Lipinski definition) is 5. The Balaban J connectivity index is 1.98. The van der Waals surface area contributed by atoms with Gasteiger partial charge in [-0.1, -0.05) is 6.42 Å². The van der Waals surface area contributed by atoms with E-state index in [1.807, 2.05) is 6.92 Å². The zero-order valence-electron chi connectivity index (χ0n) is 11.6. The number of anilines is 1. The van der Waals surface area contributed by atoms with Crippen molar-refractivity contribution in [2.75, 3.05) is 5.32 Å². The molecular weight excluding hydrogens is 272 g/mol. The molecule has 0 spiro atoms. The number of nitrogens with two attached hydrogens (primary N) is 1. The second-order valence-electron chi connectivity index (χ2n) is 5.41. The molecule has 106 valence electrons. The van der Waals surface area contributed by atoms with E-state index < -0.39 is 0 Å². The SMILES string of the molecule is Cc1nc(N[C@H]2CCC[C@@H]2C(N)=O)c2c(C)csc2n1. The number of fused-ring (bicyclic) bond motifs is 1. The lowest BCUT2D eigenvalue weighted by molar-refractivity contribution is -0.121. The minimum absolute atomic E-state index is 0.0873. The van der Waals surface area contributed by atoms with Crippen LogP contribution in [-0.2, 0) is 4.79 Å². The molecule has 3 N–H and O–H groups in total. The Morgan fingerprint density at radius 3 is 2.95 bits per heavy atom. The van der Waals surface area contributed by atoms with E-state index in [2.05, 4.69) is 27.6 Å². The molecule has 6 heteroatoms. The Hall–Kier alpha value is -1.69. The van der Waals surface area contributed by atoms with Gasteiger partial charge >= 0.3 is 0 Å². The van der Waals surface area contributed by atoms with Crippen LogP contribution in [0.25, 0.3) is 10.2 Å². The number of primary amides is 1. The van der Waals surface area contributed by atoms with Crippen molar-refractivity contribution in [1.82, 2.24) is 9.97 Å². The number of aryl methyl sites for hydroxylation is 2. The highest BCUT2D eigenvalue weighted by atomic mass is 32.1. The highest BCUT2D eigenvalue weighted by Crippen LogP contribution is 2.33. The Labute approximate surface area is 121 Å². The van der Waals surface area contributed by atoms with Crippen molar-refractivity contribution in [3.05, 3.63) is 16.8 Å². The molecule has 2 aromatic heterocycles. The van der Waals surface area contributed by atoms with Gasteiger partial charge in [-0.3, -0.25) is 4.79 Å². The summed E-state index contributed by atoms with van der Waals surface area (Å²) in [6.45, 7) is 3.95. The zero-order valence-corrected chi connectivity index (χ0v) is 12.5. The van der Waals surface area contributed by atoms with Crippen LogP contribution in [0.2, 0.25) is 0 Å². The van der Waals surface area contributed by atoms with Crippen molar-refractivity contribution in [2.24, 2.45) is 11.7 Å². The van der Waals surface area contributed by atoms with E-state index >= 15 is 0 Å². The molecule has 0 saturated heterocycles. The number of carbonyl (C=O) groups is 1. The Morgan fingerprint density at radius 2 is 2.20 bits per heavy atom. The number of nitrogens with zero attached hydrogens (tertiary/aromatic N) is 2. The first-order valence-electron chi connectivity index (χ1n) is 6.84. The first-order valence-corrected chi connectivity index (χ1v) is 7.72. The van der Waals surface area contributed by atoms with E-state index in [1.54, 1.807) is 11.3 Å². The van der Waals surface area contributed by atoms with Crippen LogP contribution in [0.3, 0.4) is 0 Å². The Kier molecular flexibility index (Phi) is 3.33. The standard InChI is InChI=1S/C14H18N4OS/c1-7-6-20-14-11(7)13(16-8(2)17-14)18-10-5-3-4-9(10)12(15)19/h6,9-10H,3-5H2,1-2H3,(H2,15,19)(H,16,17,18)/t9-,10-/m0/s1. The fourth-order valence-electron chi connectivity index (χ4n) is 2.94. The lowest BCUT2D eigenvalue weighted by Gasteiger charge is -2.19. The van der Waals surface area contributed by atoms with E-state index in [-0.39, 0.29) is 17.9 Å². The van der Waals surface area contributed by atoms with Crippen LogP contribution in [0.4, 0.5) is 5.82 Å². The van der Waals surface area contributed by atoms with Crippen molar-refractivity contribution in [2.45, 2.75) is 39.2 Å². The van der Waals surface area contributed by atoms with E-state index in [9.17, 15) is 4.79 Å². The van der Waals surface area contributed by atoms with Crippen LogP contribution >= 0.6 is 11.3 Å². The molecule has 0 bridgehead atoms. The van der Waals surface area contributed by atoms with Crippen molar-refractivity contribution in [3.63, 3.8) is 0 Å². The lowest BCUT2D eigenvalue weighted by Crippen LogP contribution is -2.34. The van der Waals surface area contributed by atoms with Gasteiger partial charge in [-0.15, -0.1) is 11.3 Å². The third-order valence-corrected chi connectivity index (χ3v) is 4.92. The summed E-state index contributed by atoms with van der Waals surface area (Å²) in [6.07, 6.45) is 2.85. The van der Waals surface area contributed by atoms with Gasteiger partial charge in [0, 0.05) is 6.04 Å². The molecule has 0 unspecified atom stereocenters. The normalized spacial score (nSPS) is 22.3. The van der Waals surface area contributed by atoms with Gasteiger partial charge in [-0.05, 0) is 37.6 Å². The van der Waals surface area contributed by atoms with Gasteiger partial charge in [0.2, 0.25) is 5.91 Å². The van der Waals surface area contributed by atoms with Crippen LogP contribution in [0.15, 0.2) is 5.38 Å². The number of nitrogens with one attached hydrogen (secondary N) is 1. The molecular formula is C14H18N4OS. The van der Waals surface area contributed by atoms with Gasteiger partial charge in [-0.25, -0.2) is 9.97 Å². The summed E-state index contributed by atoms with van der Waals surface area (Å²) >= 11 is 1.62. The molecule has 2 aromatic rings. The number of hydrogen-bond donors (Lipinski definition) is 2. The summed E-state index contributed by atoms with van der Waals surface area (Å²) < 4.78 is 0. The van der Waals surface area contributed by atoms with Gasteiger partial charge in [0.15, 0.2) is 0 Å². The highest BCUT2D eigenvalue weighted by molar-refractivity contribution is 7.17. The maximum atomic E-state index is 11.5. The highest BCUT2D eigenvalue weighted by Gasteiger charge is 2.32. The molecule has 20 heavy (non-hydrogen) atoms. The molecule has 3 rings (SSSR count). The molecule has 2 atom stereocenters. The van der Waals surface area contributed by atoms with Gasteiger partial charge in [0.05, 0.1) is 11.3 Å². The first kappa shape index (κ1) is 13.3. The second kappa shape index (κ2) is 5.01. The van der Waals surface area contributed by atoms with Crippen LogP contribution in [0, 0.1) is 19.8 Å². The Morgan fingerprint density at radius 1 is 1.40 bits per heavy atom. The van der Waals surface area contributed by atoms with Crippen molar-refractivity contribution in [1.29, 1.82) is 0 Å². The summed E-state index contributed by atoms with van der Waals surface area (Å²) in [4.78, 5) is 21.5.